The van der Waals surface area contributed by atoms with Gasteiger partial charge in [0.1, 0.15) is 0 Å². The van der Waals surface area contributed by atoms with Crippen molar-refractivity contribution < 1.29 is 9.59 Å². The van der Waals surface area contributed by atoms with E-state index in [9.17, 15) is 14.9 Å². The molecule has 0 radical (unpaired) electrons. The van der Waals surface area contributed by atoms with Crippen molar-refractivity contribution in [2.45, 2.75) is 44.7 Å². The Labute approximate surface area is 153 Å². The van der Waals surface area contributed by atoms with E-state index in [4.69, 9.17) is 0 Å². The second-order valence-electron chi connectivity index (χ2n) is 6.83. The Balaban J connectivity index is 1.65. The Morgan fingerprint density at radius 3 is 2.58 bits per heavy atom. The molecule has 1 N–H and O–H groups in total. The molecule has 1 unspecified atom stereocenters. The van der Waals surface area contributed by atoms with Gasteiger partial charge < -0.3 is 9.88 Å². The normalized spacial score (nSPS) is 15.8. The number of aromatic nitrogens is 1. The summed E-state index contributed by atoms with van der Waals surface area (Å²) in [5.74, 6) is -2.20. The maximum absolute atomic E-state index is 12.6. The molecule has 1 aliphatic carbocycles. The summed E-state index contributed by atoms with van der Waals surface area (Å²) in [6.45, 7) is 0.639. The zero-order valence-electron chi connectivity index (χ0n) is 14.7. The van der Waals surface area contributed by atoms with E-state index < -0.39 is 17.6 Å². The molecule has 1 saturated carbocycles. The number of nitrogens with zero attached hydrogens (tertiary/aromatic N) is 2. The van der Waals surface area contributed by atoms with Gasteiger partial charge in [0.05, 0.1) is 6.07 Å². The van der Waals surface area contributed by atoms with Gasteiger partial charge in [0.15, 0.2) is 11.7 Å². The summed E-state index contributed by atoms with van der Waals surface area (Å²) in [5.41, 5.74) is 1.51. The SMILES string of the molecule is N#CC(C(=O)NC1CCCCC1)C(=O)c1ccn(Cc2ccccc2)c1. The van der Waals surface area contributed by atoms with E-state index in [0.29, 0.717) is 12.1 Å². The molecule has 3 rings (SSSR count). The van der Waals surface area contributed by atoms with Crippen LogP contribution in [-0.4, -0.2) is 22.3 Å². The first kappa shape index (κ1) is 17.9. The third kappa shape index (κ3) is 4.40. The summed E-state index contributed by atoms with van der Waals surface area (Å²) in [6, 6.07) is 13.5. The highest BCUT2D eigenvalue weighted by Crippen LogP contribution is 2.18. The van der Waals surface area contributed by atoms with Crippen LogP contribution in [0.15, 0.2) is 48.8 Å². The summed E-state index contributed by atoms with van der Waals surface area (Å²) in [6.07, 6.45) is 8.69. The van der Waals surface area contributed by atoms with E-state index in [1.54, 1.807) is 18.5 Å². The van der Waals surface area contributed by atoms with Crippen molar-refractivity contribution in [1.82, 2.24) is 9.88 Å². The minimum atomic E-state index is -1.29. The molecule has 1 aliphatic rings. The Kier molecular flexibility index (Phi) is 5.85. The monoisotopic (exact) mass is 349 g/mol. The minimum Gasteiger partial charge on any atom is -0.352 e. The van der Waals surface area contributed by atoms with Crippen molar-refractivity contribution in [3.63, 3.8) is 0 Å². The van der Waals surface area contributed by atoms with E-state index in [-0.39, 0.29) is 6.04 Å². The van der Waals surface area contributed by atoms with Crippen LogP contribution < -0.4 is 5.32 Å². The Bertz CT molecular complexity index is 798. The Morgan fingerprint density at radius 1 is 1.15 bits per heavy atom. The third-order valence-corrected chi connectivity index (χ3v) is 4.85. The van der Waals surface area contributed by atoms with Crippen LogP contribution in [0.1, 0.15) is 48.0 Å². The molecule has 5 nitrogen and oxygen atoms in total. The van der Waals surface area contributed by atoms with Crippen LogP contribution in [-0.2, 0) is 11.3 Å². The lowest BCUT2D eigenvalue weighted by atomic mass is 9.94. The van der Waals surface area contributed by atoms with E-state index in [0.717, 1.165) is 31.2 Å². The third-order valence-electron chi connectivity index (χ3n) is 4.85. The topological polar surface area (TPSA) is 74.9 Å². The maximum Gasteiger partial charge on any atom is 0.245 e. The van der Waals surface area contributed by atoms with Crippen LogP contribution in [0.2, 0.25) is 0 Å². The molecule has 1 aromatic carbocycles. The number of amides is 1. The molecule has 1 fully saturated rings. The van der Waals surface area contributed by atoms with Crippen LogP contribution in [0.5, 0.6) is 0 Å². The van der Waals surface area contributed by atoms with Gasteiger partial charge in [-0.1, -0.05) is 49.6 Å². The lowest BCUT2D eigenvalue weighted by Gasteiger charge is -2.23. The molecule has 1 aromatic heterocycles. The first-order valence-electron chi connectivity index (χ1n) is 9.11. The van der Waals surface area contributed by atoms with Crippen molar-refractivity contribution in [3.05, 3.63) is 59.9 Å². The molecular formula is C21H23N3O2. The number of hydrogen-bond acceptors (Lipinski definition) is 3. The van der Waals surface area contributed by atoms with Crippen LogP contribution in [0.4, 0.5) is 0 Å². The van der Waals surface area contributed by atoms with Gasteiger partial charge in [-0.2, -0.15) is 5.26 Å². The zero-order valence-corrected chi connectivity index (χ0v) is 14.7. The molecule has 5 heteroatoms. The first-order chi connectivity index (χ1) is 12.7. The fraction of sp³-hybridized carbons (Fsp3) is 0.381. The lowest BCUT2D eigenvalue weighted by molar-refractivity contribution is -0.123. The van der Waals surface area contributed by atoms with Gasteiger partial charge in [0.2, 0.25) is 5.91 Å². The summed E-state index contributed by atoms with van der Waals surface area (Å²) in [7, 11) is 0. The second-order valence-corrected chi connectivity index (χ2v) is 6.83. The zero-order chi connectivity index (χ0) is 18.4. The standard InChI is InChI=1S/C21H23N3O2/c22-13-19(21(26)23-18-9-5-2-6-10-18)20(25)17-11-12-24(15-17)14-16-7-3-1-4-8-16/h1,3-4,7-8,11-12,15,18-19H,2,5-6,9-10,14H2,(H,23,26). The smallest absolute Gasteiger partial charge is 0.245 e. The molecule has 0 aliphatic heterocycles. The van der Waals surface area contributed by atoms with E-state index in [1.165, 1.54) is 6.42 Å². The van der Waals surface area contributed by atoms with Gasteiger partial charge in [-0.15, -0.1) is 0 Å². The number of benzene rings is 1. The van der Waals surface area contributed by atoms with Crippen molar-refractivity contribution in [3.8, 4) is 6.07 Å². The summed E-state index contributed by atoms with van der Waals surface area (Å²) in [4.78, 5) is 25.0. The van der Waals surface area contributed by atoms with Gasteiger partial charge in [-0.05, 0) is 24.5 Å². The van der Waals surface area contributed by atoms with Crippen molar-refractivity contribution in [1.29, 1.82) is 5.26 Å². The van der Waals surface area contributed by atoms with Crippen molar-refractivity contribution >= 4 is 11.7 Å². The van der Waals surface area contributed by atoms with E-state index >= 15 is 0 Å². The quantitative estimate of drug-likeness (QED) is 0.642. The fourth-order valence-electron chi connectivity index (χ4n) is 3.41. The van der Waals surface area contributed by atoms with Crippen molar-refractivity contribution in [2.24, 2.45) is 5.92 Å². The van der Waals surface area contributed by atoms with Gasteiger partial charge in [-0.25, -0.2) is 0 Å². The number of nitrogens with one attached hydrogen (secondary N) is 1. The molecule has 1 amide bonds. The number of carbonyl (C=O) groups is 2. The fourth-order valence-corrected chi connectivity index (χ4v) is 3.41. The maximum atomic E-state index is 12.6. The summed E-state index contributed by atoms with van der Waals surface area (Å²) < 4.78 is 1.88. The molecule has 1 heterocycles. The molecular weight excluding hydrogens is 326 g/mol. The van der Waals surface area contributed by atoms with Gasteiger partial charge >= 0.3 is 0 Å². The molecule has 0 saturated heterocycles. The lowest BCUT2D eigenvalue weighted by Crippen LogP contribution is -2.41. The molecule has 1 atom stereocenters. The second kappa shape index (κ2) is 8.48. The van der Waals surface area contributed by atoms with Gasteiger partial charge in [-0.3, -0.25) is 9.59 Å². The summed E-state index contributed by atoms with van der Waals surface area (Å²) >= 11 is 0. The number of rotatable bonds is 6. The number of nitriles is 1. The van der Waals surface area contributed by atoms with Gasteiger partial charge in [0.25, 0.3) is 0 Å². The molecule has 0 spiro atoms. The molecule has 26 heavy (non-hydrogen) atoms. The molecule has 0 bridgehead atoms. The Morgan fingerprint density at radius 2 is 1.88 bits per heavy atom. The number of hydrogen-bond donors (Lipinski definition) is 1. The van der Waals surface area contributed by atoms with Crippen LogP contribution in [0, 0.1) is 17.2 Å². The summed E-state index contributed by atoms with van der Waals surface area (Å²) in [5, 5.41) is 12.2. The van der Waals surface area contributed by atoms with Crippen LogP contribution >= 0.6 is 0 Å². The van der Waals surface area contributed by atoms with Crippen LogP contribution in [0.25, 0.3) is 0 Å². The van der Waals surface area contributed by atoms with Gasteiger partial charge in [0, 0.05) is 30.5 Å². The predicted molar refractivity (Wildman–Crippen MR) is 98.4 cm³/mol. The van der Waals surface area contributed by atoms with E-state index in [1.807, 2.05) is 41.0 Å². The minimum absolute atomic E-state index is 0.0857. The number of ketones is 1. The van der Waals surface area contributed by atoms with Crippen LogP contribution in [0.3, 0.4) is 0 Å². The number of carbonyl (C=O) groups excluding carboxylic acids is 2. The highest BCUT2D eigenvalue weighted by Gasteiger charge is 2.30. The van der Waals surface area contributed by atoms with Crippen molar-refractivity contribution in [2.75, 3.05) is 0 Å². The highest BCUT2D eigenvalue weighted by molar-refractivity contribution is 6.12. The Hall–Kier alpha value is -2.87. The number of Topliss-reactive ketones (excluding diaryl/α,β-unsaturated/α-hetero) is 1. The average Bonchev–Trinajstić information content (AvgIpc) is 3.12. The largest absolute Gasteiger partial charge is 0.352 e. The average molecular weight is 349 g/mol. The molecule has 134 valence electrons. The molecule has 2 aromatic rings. The highest BCUT2D eigenvalue weighted by atomic mass is 16.2. The predicted octanol–water partition coefficient (Wildman–Crippen LogP) is 3.31. The first-order valence-corrected chi connectivity index (χ1v) is 9.11. The van der Waals surface area contributed by atoms with E-state index in [2.05, 4.69) is 5.32 Å².